The number of rotatable bonds is 6. The van der Waals surface area contributed by atoms with E-state index in [1.54, 1.807) is 6.07 Å². The summed E-state index contributed by atoms with van der Waals surface area (Å²) in [6.45, 7) is 2.94. The average Bonchev–Trinajstić information content (AvgIpc) is 3.12. The molecule has 0 spiro atoms. The van der Waals surface area contributed by atoms with Gasteiger partial charge in [-0.05, 0) is 36.9 Å². The number of halogens is 2. The van der Waals surface area contributed by atoms with Gasteiger partial charge in [-0.15, -0.1) is 0 Å². The molecule has 0 heterocycles. The maximum absolute atomic E-state index is 13.4. The highest BCUT2D eigenvalue weighted by atomic mass is 35.5. The predicted molar refractivity (Wildman–Crippen MR) is 69.8 cm³/mol. The van der Waals surface area contributed by atoms with E-state index in [4.69, 9.17) is 11.6 Å². The minimum absolute atomic E-state index is 0.184. The first-order chi connectivity index (χ1) is 8.22. The van der Waals surface area contributed by atoms with Crippen molar-refractivity contribution in [3.8, 4) is 0 Å². The van der Waals surface area contributed by atoms with Crippen LogP contribution in [0.3, 0.4) is 0 Å². The minimum Gasteiger partial charge on any atom is -0.310 e. The lowest BCUT2D eigenvalue weighted by molar-refractivity contribution is 0.479. The van der Waals surface area contributed by atoms with Crippen LogP contribution in [-0.2, 0) is 0 Å². The van der Waals surface area contributed by atoms with Gasteiger partial charge in [0.05, 0.1) is 5.02 Å². The molecule has 1 aromatic rings. The fourth-order valence-corrected chi connectivity index (χ4v) is 2.47. The van der Waals surface area contributed by atoms with Crippen molar-refractivity contribution in [3.05, 3.63) is 34.6 Å². The van der Waals surface area contributed by atoms with Gasteiger partial charge in [0.15, 0.2) is 0 Å². The molecule has 1 N–H and O–H groups in total. The molecule has 0 aromatic heterocycles. The van der Waals surface area contributed by atoms with Gasteiger partial charge in [-0.25, -0.2) is 4.39 Å². The highest BCUT2D eigenvalue weighted by Gasteiger charge is 2.24. The van der Waals surface area contributed by atoms with E-state index in [0.717, 1.165) is 24.4 Å². The lowest BCUT2D eigenvalue weighted by Gasteiger charge is -2.19. The number of hydrogen-bond donors (Lipinski definition) is 1. The maximum atomic E-state index is 13.4. The van der Waals surface area contributed by atoms with Gasteiger partial charge in [0, 0.05) is 6.04 Å². The summed E-state index contributed by atoms with van der Waals surface area (Å²) < 4.78 is 13.4. The van der Waals surface area contributed by atoms with Gasteiger partial charge in [-0.2, -0.15) is 0 Å². The topological polar surface area (TPSA) is 12.0 Å². The molecule has 1 atom stereocenters. The van der Waals surface area contributed by atoms with Crippen LogP contribution in [0.5, 0.6) is 0 Å². The molecule has 1 unspecified atom stereocenters. The first-order valence-corrected chi connectivity index (χ1v) is 6.77. The van der Waals surface area contributed by atoms with E-state index in [9.17, 15) is 4.39 Å². The third-order valence-electron chi connectivity index (χ3n) is 3.37. The van der Waals surface area contributed by atoms with Crippen molar-refractivity contribution < 1.29 is 4.39 Å². The summed E-state index contributed by atoms with van der Waals surface area (Å²) in [6, 6.07) is 5.25. The normalized spacial score (nSPS) is 17.1. The van der Waals surface area contributed by atoms with Gasteiger partial charge in [-0.3, -0.25) is 0 Å². The van der Waals surface area contributed by atoms with Crippen LogP contribution in [-0.4, -0.2) is 6.54 Å². The molecule has 0 bridgehead atoms. The SMILES string of the molecule is CCNC(CCC1CC1)c1cccc(F)c1Cl. The molecule has 2 rings (SSSR count). The monoisotopic (exact) mass is 255 g/mol. The largest absolute Gasteiger partial charge is 0.310 e. The molecule has 0 saturated heterocycles. The Kier molecular flexibility index (Phi) is 4.41. The van der Waals surface area contributed by atoms with Crippen LogP contribution >= 0.6 is 11.6 Å². The number of nitrogens with one attached hydrogen (secondary N) is 1. The van der Waals surface area contributed by atoms with Crippen LogP contribution in [0.1, 0.15) is 44.2 Å². The summed E-state index contributed by atoms with van der Waals surface area (Å²) in [5.41, 5.74) is 0.897. The molecule has 1 nitrogen and oxygen atoms in total. The molecule has 1 aromatic carbocycles. The van der Waals surface area contributed by atoms with E-state index >= 15 is 0 Å². The first-order valence-electron chi connectivity index (χ1n) is 6.39. The van der Waals surface area contributed by atoms with Gasteiger partial charge in [-0.1, -0.05) is 43.5 Å². The molecular weight excluding hydrogens is 237 g/mol. The zero-order chi connectivity index (χ0) is 12.3. The fraction of sp³-hybridized carbons (Fsp3) is 0.571. The van der Waals surface area contributed by atoms with Crippen LogP contribution < -0.4 is 5.32 Å². The Hall–Kier alpha value is -0.600. The molecule has 1 saturated carbocycles. The lowest BCUT2D eigenvalue weighted by Crippen LogP contribution is -2.21. The second-order valence-corrected chi connectivity index (χ2v) is 5.15. The van der Waals surface area contributed by atoms with Gasteiger partial charge in [0.2, 0.25) is 0 Å². The smallest absolute Gasteiger partial charge is 0.142 e. The van der Waals surface area contributed by atoms with E-state index in [0.29, 0.717) is 0 Å². The fourth-order valence-electron chi connectivity index (χ4n) is 2.21. The average molecular weight is 256 g/mol. The van der Waals surface area contributed by atoms with Gasteiger partial charge < -0.3 is 5.32 Å². The van der Waals surface area contributed by atoms with Crippen molar-refractivity contribution >= 4 is 11.6 Å². The molecule has 0 amide bonds. The standard InChI is InChI=1S/C14H19ClFN/c1-2-17-13(9-8-10-6-7-10)11-4-3-5-12(16)14(11)15/h3-5,10,13,17H,2,6-9H2,1H3. The van der Waals surface area contributed by atoms with Crippen molar-refractivity contribution in [2.45, 2.75) is 38.6 Å². The summed E-state index contributed by atoms with van der Waals surface area (Å²) in [7, 11) is 0. The van der Waals surface area contributed by atoms with Crippen LogP contribution in [0.25, 0.3) is 0 Å². The number of hydrogen-bond acceptors (Lipinski definition) is 1. The third-order valence-corrected chi connectivity index (χ3v) is 3.77. The molecule has 0 radical (unpaired) electrons. The van der Waals surface area contributed by atoms with Gasteiger partial charge >= 0.3 is 0 Å². The van der Waals surface area contributed by atoms with Crippen molar-refractivity contribution in [3.63, 3.8) is 0 Å². The molecule has 1 aliphatic rings. The van der Waals surface area contributed by atoms with E-state index in [1.807, 2.05) is 6.07 Å². The van der Waals surface area contributed by atoms with Crippen molar-refractivity contribution in [2.24, 2.45) is 5.92 Å². The summed E-state index contributed by atoms with van der Waals surface area (Å²) >= 11 is 6.04. The zero-order valence-electron chi connectivity index (χ0n) is 10.2. The van der Waals surface area contributed by atoms with Gasteiger partial charge in [0.25, 0.3) is 0 Å². The Bertz CT molecular complexity index is 376. The van der Waals surface area contributed by atoms with E-state index in [1.165, 1.54) is 25.3 Å². The van der Waals surface area contributed by atoms with Gasteiger partial charge in [0.1, 0.15) is 5.82 Å². The van der Waals surface area contributed by atoms with Crippen molar-refractivity contribution in [2.75, 3.05) is 6.54 Å². The van der Waals surface area contributed by atoms with Crippen molar-refractivity contribution in [1.82, 2.24) is 5.32 Å². The number of benzene rings is 1. The highest BCUT2D eigenvalue weighted by Crippen LogP contribution is 2.37. The zero-order valence-corrected chi connectivity index (χ0v) is 10.9. The van der Waals surface area contributed by atoms with E-state index in [2.05, 4.69) is 12.2 Å². The van der Waals surface area contributed by atoms with Crippen LogP contribution in [0, 0.1) is 11.7 Å². The van der Waals surface area contributed by atoms with Crippen molar-refractivity contribution in [1.29, 1.82) is 0 Å². The molecule has 94 valence electrons. The van der Waals surface area contributed by atoms with Crippen LogP contribution in [0.2, 0.25) is 5.02 Å². The maximum Gasteiger partial charge on any atom is 0.142 e. The summed E-state index contributed by atoms with van der Waals surface area (Å²) in [5.74, 6) is 0.571. The molecule has 1 fully saturated rings. The van der Waals surface area contributed by atoms with Crippen LogP contribution in [0.15, 0.2) is 18.2 Å². The lowest BCUT2D eigenvalue weighted by atomic mass is 10.00. The summed E-state index contributed by atoms with van der Waals surface area (Å²) in [4.78, 5) is 0. The Morgan fingerprint density at radius 3 is 2.88 bits per heavy atom. The second-order valence-electron chi connectivity index (χ2n) is 4.77. The Labute approximate surface area is 107 Å². The van der Waals surface area contributed by atoms with Crippen LogP contribution in [0.4, 0.5) is 4.39 Å². The van der Waals surface area contributed by atoms with E-state index < -0.39 is 0 Å². The Morgan fingerprint density at radius 1 is 1.47 bits per heavy atom. The third kappa shape index (κ3) is 3.43. The molecule has 17 heavy (non-hydrogen) atoms. The summed E-state index contributed by atoms with van der Waals surface area (Å²) in [5, 5.41) is 3.67. The molecule has 3 heteroatoms. The highest BCUT2D eigenvalue weighted by molar-refractivity contribution is 6.31. The molecular formula is C14H19ClFN. The first kappa shape index (κ1) is 12.8. The van der Waals surface area contributed by atoms with E-state index in [-0.39, 0.29) is 16.9 Å². The Balaban J connectivity index is 2.09. The molecule has 0 aliphatic heterocycles. The minimum atomic E-state index is -0.321. The summed E-state index contributed by atoms with van der Waals surface area (Å²) in [6.07, 6.45) is 4.97. The Morgan fingerprint density at radius 2 is 2.24 bits per heavy atom. The second kappa shape index (κ2) is 5.83. The quantitative estimate of drug-likeness (QED) is 0.798. The molecule has 1 aliphatic carbocycles. The predicted octanol–water partition coefficient (Wildman–Crippen LogP) is 4.32.